The van der Waals surface area contributed by atoms with Crippen molar-refractivity contribution in [3.05, 3.63) is 35.6 Å². The van der Waals surface area contributed by atoms with Crippen molar-refractivity contribution in [1.29, 1.82) is 0 Å². The van der Waals surface area contributed by atoms with Crippen LogP contribution >= 0.6 is 0 Å². The number of carbonyl (C=O) groups excluding carboxylic acids is 1. The van der Waals surface area contributed by atoms with E-state index >= 15 is 0 Å². The summed E-state index contributed by atoms with van der Waals surface area (Å²) >= 11 is 0. The molecule has 1 fully saturated rings. The van der Waals surface area contributed by atoms with Crippen LogP contribution in [0.4, 0.5) is 18.0 Å². The van der Waals surface area contributed by atoms with Gasteiger partial charge in [-0.15, -0.1) is 0 Å². The number of likely N-dealkylation sites (N-methyl/N-ethyl adjacent to an activating group) is 1. The second-order valence-corrected chi connectivity index (χ2v) is 7.68. The fraction of sp³-hybridized carbons (Fsp3) is 0.438. The molecule has 1 saturated heterocycles. The summed E-state index contributed by atoms with van der Waals surface area (Å²) in [4.78, 5) is 10.6. The van der Waals surface area contributed by atoms with Gasteiger partial charge in [-0.1, -0.05) is 0 Å². The second kappa shape index (κ2) is 8.28. The van der Waals surface area contributed by atoms with E-state index < -0.39 is 32.8 Å². The number of sulfonamides is 1. The van der Waals surface area contributed by atoms with Crippen LogP contribution < -0.4 is 0 Å². The molecular formula is C16H18F3NO6S. The normalized spacial score (nSPS) is 17.3. The minimum Gasteiger partial charge on any atom is -0.434 e. The lowest BCUT2D eigenvalue weighted by atomic mass is 10.1. The minimum atomic E-state index is -4.76. The number of carbonyl (C=O) groups is 1. The molecule has 1 aliphatic rings. The Morgan fingerprint density at radius 3 is 2.59 bits per heavy atom. The van der Waals surface area contributed by atoms with Crippen LogP contribution in [0.15, 0.2) is 29.4 Å². The topological polar surface area (TPSA) is 85.4 Å². The average Bonchev–Trinajstić information content (AvgIpc) is 3.38. The Bertz CT molecular complexity index is 818. The number of halogens is 3. The zero-order valence-electron chi connectivity index (χ0n) is 14.5. The van der Waals surface area contributed by atoms with Crippen molar-refractivity contribution < 1.29 is 40.6 Å². The second-order valence-electron chi connectivity index (χ2n) is 5.63. The van der Waals surface area contributed by atoms with E-state index in [1.54, 1.807) is 6.92 Å². The summed E-state index contributed by atoms with van der Waals surface area (Å²) in [6.07, 6.45) is -4.18. The van der Waals surface area contributed by atoms with Crippen LogP contribution in [0.2, 0.25) is 0 Å². The molecule has 0 saturated carbocycles. The van der Waals surface area contributed by atoms with Crippen LogP contribution in [0.3, 0.4) is 0 Å². The smallest absolute Gasteiger partial charge is 0.434 e. The number of ether oxygens (including phenoxy) is 3. The van der Waals surface area contributed by atoms with Crippen molar-refractivity contribution in [1.82, 2.24) is 4.31 Å². The Labute approximate surface area is 154 Å². The Morgan fingerprint density at radius 1 is 1.37 bits per heavy atom. The summed E-state index contributed by atoms with van der Waals surface area (Å²) in [5, 5.41) is 0. The molecule has 1 heterocycles. The Kier molecular flexibility index (Phi) is 6.50. The molecule has 1 aromatic carbocycles. The highest BCUT2D eigenvalue weighted by molar-refractivity contribution is 7.89. The number of benzene rings is 1. The highest BCUT2D eigenvalue weighted by atomic mass is 32.2. The summed E-state index contributed by atoms with van der Waals surface area (Å²) in [6, 6.07) is 2.36. The van der Waals surface area contributed by atoms with Crippen molar-refractivity contribution in [2.75, 3.05) is 26.8 Å². The number of alkyl halides is 3. The predicted octanol–water partition coefficient (Wildman–Crippen LogP) is 2.87. The third kappa shape index (κ3) is 5.94. The van der Waals surface area contributed by atoms with Crippen molar-refractivity contribution in [2.45, 2.75) is 24.1 Å². The highest BCUT2D eigenvalue weighted by Gasteiger charge is 2.34. The van der Waals surface area contributed by atoms with Crippen LogP contribution in [0.25, 0.3) is 6.08 Å². The van der Waals surface area contributed by atoms with Crippen molar-refractivity contribution in [3.8, 4) is 0 Å². The van der Waals surface area contributed by atoms with Gasteiger partial charge in [0.15, 0.2) is 0 Å². The molecule has 1 atom stereocenters. The molecule has 0 aromatic heterocycles. The maximum atomic E-state index is 13.2. The van der Waals surface area contributed by atoms with Gasteiger partial charge in [0.2, 0.25) is 10.0 Å². The first-order valence-electron chi connectivity index (χ1n) is 7.84. The van der Waals surface area contributed by atoms with Gasteiger partial charge in [-0.3, -0.25) is 0 Å². The molecule has 0 radical (unpaired) electrons. The highest BCUT2D eigenvalue weighted by Crippen LogP contribution is 2.33. The number of hydrogen-bond donors (Lipinski definition) is 0. The molecule has 27 heavy (non-hydrogen) atoms. The number of nitrogens with zero attached hydrogens (tertiary/aromatic N) is 1. The molecule has 1 aliphatic heterocycles. The van der Waals surface area contributed by atoms with E-state index in [0.717, 1.165) is 28.8 Å². The summed E-state index contributed by atoms with van der Waals surface area (Å²) in [6.45, 7) is 2.06. The third-order valence-corrected chi connectivity index (χ3v) is 5.32. The van der Waals surface area contributed by atoms with Crippen LogP contribution in [0, 0.1) is 0 Å². The van der Waals surface area contributed by atoms with E-state index in [2.05, 4.69) is 9.47 Å². The summed E-state index contributed by atoms with van der Waals surface area (Å²) in [5.74, 6) is 0. The predicted molar refractivity (Wildman–Crippen MR) is 88.1 cm³/mol. The van der Waals surface area contributed by atoms with Crippen LogP contribution in [0.5, 0.6) is 0 Å². The maximum Gasteiger partial charge on any atom is 0.513 e. The van der Waals surface area contributed by atoms with Gasteiger partial charge in [-0.25, -0.2) is 13.2 Å². The van der Waals surface area contributed by atoms with Crippen LogP contribution in [-0.2, 0) is 30.4 Å². The molecular weight excluding hydrogens is 391 g/mol. The molecule has 1 aromatic rings. The molecule has 0 aliphatic carbocycles. The standard InChI is InChI=1S/C16H18F3NO6S/c1-3-24-15(21)25-5-4-11-6-12(16(17,18)19)8-14(7-11)27(22,23)20(2)9-13-10-26-13/h4-8,13H,3,9-10H2,1-2H3/b5-4+. The third-order valence-electron chi connectivity index (χ3n) is 3.51. The lowest BCUT2D eigenvalue weighted by Crippen LogP contribution is -2.30. The van der Waals surface area contributed by atoms with E-state index in [4.69, 9.17) is 4.74 Å². The fourth-order valence-corrected chi connectivity index (χ4v) is 3.37. The molecule has 7 nitrogen and oxygen atoms in total. The maximum absolute atomic E-state index is 13.2. The number of hydrogen-bond acceptors (Lipinski definition) is 6. The van der Waals surface area contributed by atoms with Gasteiger partial charge in [0.25, 0.3) is 0 Å². The monoisotopic (exact) mass is 409 g/mol. The molecule has 150 valence electrons. The molecule has 11 heteroatoms. The van der Waals surface area contributed by atoms with Gasteiger partial charge >= 0.3 is 12.3 Å². The zero-order valence-corrected chi connectivity index (χ0v) is 15.3. The van der Waals surface area contributed by atoms with Gasteiger partial charge in [0.1, 0.15) is 0 Å². The summed E-state index contributed by atoms with van der Waals surface area (Å²) < 4.78 is 79.5. The lowest BCUT2D eigenvalue weighted by molar-refractivity contribution is -0.137. The summed E-state index contributed by atoms with van der Waals surface area (Å²) in [7, 11) is -2.90. The van der Waals surface area contributed by atoms with Gasteiger partial charge < -0.3 is 14.2 Å². The first kappa shape index (κ1) is 21.2. The van der Waals surface area contributed by atoms with E-state index in [1.807, 2.05) is 0 Å². The van der Waals surface area contributed by atoms with Gasteiger partial charge in [0, 0.05) is 13.6 Å². The Morgan fingerprint density at radius 2 is 2.04 bits per heavy atom. The summed E-state index contributed by atoms with van der Waals surface area (Å²) in [5.41, 5.74) is -1.25. The van der Waals surface area contributed by atoms with Gasteiger partial charge in [-0.2, -0.15) is 17.5 Å². The van der Waals surface area contributed by atoms with Gasteiger partial charge in [0.05, 0.1) is 36.0 Å². The largest absolute Gasteiger partial charge is 0.513 e. The molecule has 1 unspecified atom stereocenters. The van der Waals surface area contributed by atoms with Crippen LogP contribution in [0.1, 0.15) is 18.1 Å². The Hall–Kier alpha value is -2.11. The zero-order chi connectivity index (χ0) is 20.2. The Balaban J connectivity index is 2.33. The van der Waals surface area contributed by atoms with E-state index in [9.17, 15) is 26.4 Å². The molecule has 0 amide bonds. The minimum absolute atomic E-state index is 0.0374. The van der Waals surface area contributed by atoms with E-state index in [0.29, 0.717) is 12.7 Å². The van der Waals surface area contributed by atoms with Crippen molar-refractivity contribution >= 4 is 22.3 Å². The first-order chi connectivity index (χ1) is 12.5. The average molecular weight is 409 g/mol. The van der Waals surface area contributed by atoms with Crippen molar-refractivity contribution in [3.63, 3.8) is 0 Å². The molecule has 0 bridgehead atoms. The fourth-order valence-electron chi connectivity index (χ4n) is 2.09. The molecule has 0 spiro atoms. The SMILES string of the molecule is CCOC(=O)O/C=C/c1cc(C(F)(F)F)cc(S(=O)(=O)N(C)CC2CO2)c1. The van der Waals surface area contributed by atoms with E-state index in [1.165, 1.54) is 7.05 Å². The van der Waals surface area contributed by atoms with Crippen LogP contribution in [-0.4, -0.2) is 51.8 Å². The molecule has 2 rings (SSSR count). The van der Waals surface area contributed by atoms with Gasteiger partial charge in [-0.05, 0) is 36.8 Å². The lowest BCUT2D eigenvalue weighted by Gasteiger charge is -2.18. The quantitative estimate of drug-likeness (QED) is 0.391. The molecule has 0 N–H and O–H groups in total. The van der Waals surface area contributed by atoms with Crippen molar-refractivity contribution in [2.24, 2.45) is 0 Å². The number of epoxide rings is 1. The number of rotatable bonds is 7. The van der Waals surface area contributed by atoms with E-state index in [-0.39, 0.29) is 24.8 Å². The first-order valence-corrected chi connectivity index (χ1v) is 9.28.